The Morgan fingerprint density at radius 3 is 2.83 bits per heavy atom. The smallest absolute Gasteiger partial charge is 0.126 e. The Kier molecular flexibility index (Phi) is 3.44. The third kappa shape index (κ3) is 2.78. The number of halogens is 2. The normalized spacial score (nSPS) is 25.0. The third-order valence-electron chi connectivity index (χ3n) is 3.83. The minimum Gasteiger partial charge on any atom is -0.370 e. The van der Waals surface area contributed by atoms with Gasteiger partial charge in [0.2, 0.25) is 0 Å². The van der Waals surface area contributed by atoms with Crippen LogP contribution in [0.25, 0.3) is 0 Å². The summed E-state index contributed by atoms with van der Waals surface area (Å²) in [5.41, 5.74) is 0.911. The average molecular weight is 269 g/mol. The molecule has 4 heteroatoms. The lowest BCUT2D eigenvalue weighted by molar-refractivity contribution is 0.490. The molecule has 1 unspecified atom stereocenters. The summed E-state index contributed by atoms with van der Waals surface area (Å²) < 4.78 is 13.4. The van der Waals surface area contributed by atoms with Crippen molar-refractivity contribution in [2.45, 2.75) is 25.3 Å². The van der Waals surface area contributed by atoms with Crippen molar-refractivity contribution in [3.05, 3.63) is 29.0 Å². The lowest BCUT2D eigenvalue weighted by atomic mass is 10.1. The first kappa shape index (κ1) is 12.2. The molecule has 0 bridgehead atoms. The maximum atomic E-state index is 13.4. The zero-order valence-electron chi connectivity index (χ0n) is 10.3. The highest BCUT2D eigenvalue weighted by molar-refractivity contribution is 6.30. The van der Waals surface area contributed by atoms with Crippen molar-refractivity contribution in [3.63, 3.8) is 0 Å². The molecule has 2 nitrogen and oxygen atoms in total. The van der Waals surface area contributed by atoms with Crippen molar-refractivity contribution in [3.8, 4) is 0 Å². The lowest BCUT2D eigenvalue weighted by Gasteiger charge is -2.26. The molecule has 98 valence electrons. The number of hydrogen-bond acceptors (Lipinski definition) is 2. The molecule has 1 aromatic rings. The topological polar surface area (TPSA) is 15.3 Å². The van der Waals surface area contributed by atoms with E-state index in [0.29, 0.717) is 11.1 Å². The van der Waals surface area contributed by atoms with Crippen LogP contribution in [0.4, 0.5) is 10.1 Å². The van der Waals surface area contributed by atoms with E-state index in [-0.39, 0.29) is 5.82 Å². The molecule has 1 N–H and O–H groups in total. The zero-order valence-corrected chi connectivity index (χ0v) is 11.1. The summed E-state index contributed by atoms with van der Waals surface area (Å²) >= 11 is 5.94. The predicted molar refractivity (Wildman–Crippen MR) is 72.8 cm³/mol. The largest absolute Gasteiger partial charge is 0.370 e. The molecule has 1 heterocycles. The van der Waals surface area contributed by atoms with E-state index in [9.17, 15) is 4.39 Å². The van der Waals surface area contributed by atoms with E-state index in [4.69, 9.17) is 11.6 Å². The Hall–Kier alpha value is -0.800. The maximum Gasteiger partial charge on any atom is 0.126 e. The first-order chi connectivity index (χ1) is 8.72. The van der Waals surface area contributed by atoms with E-state index < -0.39 is 0 Å². The Labute approximate surface area is 112 Å². The van der Waals surface area contributed by atoms with Crippen LogP contribution in [0.2, 0.25) is 5.02 Å². The molecule has 1 aliphatic carbocycles. The molecule has 1 atom stereocenters. The molecule has 1 aromatic carbocycles. The molecule has 1 saturated carbocycles. The minimum atomic E-state index is -0.252. The first-order valence-electron chi connectivity index (χ1n) is 6.67. The Bertz CT molecular complexity index is 414. The summed E-state index contributed by atoms with van der Waals surface area (Å²) in [6, 6.07) is 5.36. The van der Waals surface area contributed by atoms with Gasteiger partial charge in [0.25, 0.3) is 0 Å². The van der Waals surface area contributed by atoms with Crippen LogP contribution in [0.5, 0.6) is 0 Å². The zero-order chi connectivity index (χ0) is 12.5. The van der Waals surface area contributed by atoms with Crippen LogP contribution in [0.3, 0.4) is 0 Å². The summed E-state index contributed by atoms with van der Waals surface area (Å²) in [5.74, 6) is 0.562. The molecule has 0 spiro atoms. The number of rotatable bonds is 2. The predicted octanol–water partition coefficient (Wildman–Crippen LogP) is 3.06. The monoisotopic (exact) mass is 268 g/mol. The van der Waals surface area contributed by atoms with Gasteiger partial charge in [-0.2, -0.15) is 0 Å². The van der Waals surface area contributed by atoms with E-state index in [1.807, 2.05) is 6.07 Å². The maximum absolute atomic E-state index is 13.4. The van der Waals surface area contributed by atoms with Gasteiger partial charge in [0.1, 0.15) is 5.82 Å². The van der Waals surface area contributed by atoms with E-state index in [2.05, 4.69) is 10.2 Å². The Morgan fingerprint density at radius 1 is 1.28 bits per heavy atom. The number of anilines is 1. The molecular formula is C14H18ClFN2. The fourth-order valence-electron chi connectivity index (χ4n) is 2.72. The van der Waals surface area contributed by atoms with Crippen molar-refractivity contribution < 1.29 is 4.39 Å². The second-order valence-electron chi connectivity index (χ2n) is 5.33. The van der Waals surface area contributed by atoms with Gasteiger partial charge >= 0.3 is 0 Å². The van der Waals surface area contributed by atoms with Crippen LogP contribution in [0.1, 0.15) is 19.3 Å². The SMILES string of the molecule is Fc1cc(Cl)cc(N2CCCNC(C3CC3)C2)c1. The van der Waals surface area contributed by atoms with Crippen LogP contribution < -0.4 is 10.2 Å². The molecule has 0 amide bonds. The number of nitrogens with one attached hydrogen (secondary N) is 1. The molecule has 2 fully saturated rings. The highest BCUT2D eigenvalue weighted by atomic mass is 35.5. The highest BCUT2D eigenvalue weighted by Gasteiger charge is 2.33. The van der Waals surface area contributed by atoms with Crippen LogP contribution in [-0.4, -0.2) is 25.7 Å². The molecule has 3 rings (SSSR count). The van der Waals surface area contributed by atoms with Gasteiger partial charge in [-0.3, -0.25) is 0 Å². The molecule has 1 saturated heterocycles. The van der Waals surface area contributed by atoms with E-state index in [1.54, 1.807) is 6.07 Å². The Balaban J connectivity index is 1.80. The number of nitrogens with zero attached hydrogens (tertiary/aromatic N) is 1. The molecule has 2 aliphatic rings. The van der Waals surface area contributed by atoms with Crippen LogP contribution >= 0.6 is 11.6 Å². The van der Waals surface area contributed by atoms with Crippen molar-refractivity contribution in [1.82, 2.24) is 5.32 Å². The van der Waals surface area contributed by atoms with Gasteiger partial charge in [0.05, 0.1) is 0 Å². The summed E-state index contributed by atoms with van der Waals surface area (Å²) in [4.78, 5) is 2.26. The standard InChI is InChI=1S/C14H18ClFN2/c15-11-6-12(16)8-13(7-11)18-5-1-4-17-14(9-18)10-2-3-10/h6-8,10,14,17H,1-5,9H2. The van der Waals surface area contributed by atoms with Crippen molar-refractivity contribution >= 4 is 17.3 Å². The molecule has 1 aliphatic heterocycles. The quantitative estimate of drug-likeness (QED) is 0.887. The van der Waals surface area contributed by atoms with E-state index in [1.165, 1.54) is 18.9 Å². The lowest BCUT2D eigenvalue weighted by Crippen LogP contribution is -2.39. The van der Waals surface area contributed by atoms with Gasteiger partial charge in [-0.25, -0.2) is 4.39 Å². The summed E-state index contributed by atoms with van der Waals surface area (Å²) in [5, 5.41) is 4.08. The van der Waals surface area contributed by atoms with Gasteiger partial charge in [-0.1, -0.05) is 11.6 Å². The second-order valence-corrected chi connectivity index (χ2v) is 5.76. The van der Waals surface area contributed by atoms with Gasteiger partial charge in [0.15, 0.2) is 0 Å². The fraction of sp³-hybridized carbons (Fsp3) is 0.571. The number of benzene rings is 1. The van der Waals surface area contributed by atoms with E-state index in [0.717, 1.165) is 37.7 Å². The first-order valence-corrected chi connectivity index (χ1v) is 7.04. The van der Waals surface area contributed by atoms with Gasteiger partial charge < -0.3 is 10.2 Å². The van der Waals surface area contributed by atoms with Crippen LogP contribution in [0, 0.1) is 11.7 Å². The third-order valence-corrected chi connectivity index (χ3v) is 4.05. The second kappa shape index (κ2) is 5.06. The van der Waals surface area contributed by atoms with Crippen molar-refractivity contribution in [2.24, 2.45) is 5.92 Å². The molecule has 18 heavy (non-hydrogen) atoms. The molecular weight excluding hydrogens is 251 g/mol. The van der Waals surface area contributed by atoms with Gasteiger partial charge in [-0.05, 0) is 49.9 Å². The van der Waals surface area contributed by atoms with Crippen molar-refractivity contribution in [2.75, 3.05) is 24.5 Å². The minimum absolute atomic E-state index is 0.252. The highest BCUT2D eigenvalue weighted by Crippen LogP contribution is 2.34. The molecule has 0 radical (unpaired) electrons. The molecule has 0 aromatic heterocycles. The van der Waals surface area contributed by atoms with Gasteiger partial charge in [0, 0.05) is 29.8 Å². The summed E-state index contributed by atoms with van der Waals surface area (Å²) in [6.07, 6.45) is 3.75. The fourth-order valence-corrected chi connectivity index (χ4v) is 2.94. The van der Waals surface area contributed by atoms with E-state index >= 15 is 0 Å². The summed E-state index contributed by atoms with van der Waals surface area (Å²) in [6.45, 7) is 2.99. The van der Waals surface area contributed by atoms with Crippen LogP contribution in [0.15, 0.2) is 18.2 Å². The summed E-state index contributed by atoms with van der Waals surface area (Å²) in [7, 11) is 0. The Morgan fingerprint density at radius 2 is 2.11 bits per heavy atom. The van der Waals surface area contributed by atoms with Crippen molar-refractivity contribution in [1.29, 1.82) is 0 Å². The van der Waals surface area contributed by atoms with Crippen LogP contribution in [-0.2, 0) is 0 Å². The number of hydrogen-bond donors (Lipinski definition) is 1. The average Bonchev–Trinajstić information content (AvgIpc) is 3.14. The van der Waals surface area contributed by atoms with Gasteiger partial charge in [-0.15, -0.1) is 0 Å².